The van der Waals surface area contributed by atoms with Crippen LogP contribution in [0.3, 0.4) is 0 Å². The monoisotopic (exact) mass is 435 g/mol. The predicted molar refractivity (Wildman–Crippen MR) is 119 cm³/mol. The standard InChI is InChI=1S/C22H29N3O2S.ClH/c1-2-4-20-18(3-1)13-21(28-20)25-23-27-22(14-16-5-7-19(22)8-6-16)24(25)15-17-9-11-26-12-10-17;/h1-4,13,16-17,19,23H,5-12,14-15H2;1H/t16?,19?,22-;/m1./s1. The van der Waals surface area contributed by atoms with E-state index in [0.29, 0.717) is 11.8 Å². The number of hydrogen-bond donors (Lipinski definition) is 1. The lowest BCUT2D eigenvalue weighted by Crippen LogP contribution is -2.61. The Bertz CT molecular complexity index is 816. The highest BCUT2D eigenvalue weighted by Gasteiger charge is 2.58. The average molecular weight is 436 g/mol. The first kappa shape index (κ1) is 20.0. The molecule has 3 heterocycles. The van der Waals surface area contributed by atoms with Crippen molar-refractivity contribution in [2.24, 2.45) is 17.8 Å². The summed E-state index contributed by atoms with van der Waals surface area (Å²) in [4.78, 5) is 6.51. The summed E-state index contributed by atoms with van der Waals surface area (Å²) in [6.07, 6.45) is 8.83. The van der Waals surface area contributed by atoms with Crippen molar-refractivity contribution in [1.82, 2.24) is 10.6 Å². The fourth-order valence-electron chi connectivity index (χ4n) is 5.88. The molecule has 1 aromatic carbocycles. The third-order valence-corrected chi connectivity index (χ3v) is 8.54. The van der Waals surface area contributed by atoms with E-state index in [4.69, 9.17) is 9.57 Å². The average Bonchev–Trinajstić information content (AvgIpc) is 3.32. The second kappa shape index (κ2) is 7.98. The van der Waals surface area contributed by atoms with Crippen molar-refractivity contribution in [3.63, 3.8) is 0 Å². The first-order valence-corrected chi connectivity index (χ1v) is 11.7. The number of anilines is 1. The van der Waals surface area contributed by atoms with Gasteiger partial charge < -0.3 is 4.74 Å². The number of fused-ring (bicyclic) bond motifs is 3. The van der Waals surface area contributed by atoms with Crippen molar-refractivity contribution in [2.45, 2.75) is 50.7 Å². The van der Waals surface area contributed by atoms with E-state index >= 15 is 0 Å². The van der Waals surface area contributed by atoms with E-state index in [0.717, 1.165) is 44.9 Å². The molecule has 158 valence electrons. The van der Waals surface area contributed by atoms with Gasteiger partial charge in [-0.15, -0.1) is 23.7 Å². The first-order chi connectivity index (χ1) is 13.8. The Morgan fingerprint density at radius 2 is 1.86 bits per heavy atom. The van der Waals surface area contributed by atoms with Crippen molar-refractivity contribution in [3.8, 4) is 0 Å². The lowest BCUT2D eigenvalue weighted by molar-refractivity contribution is -0.202. The summed E-state index contributed by atoms with van der Waals surface area (Å²) in [6, 6.07) is 11.0. The Balaban J connectivity index is 0.00000181. The topological polar surface area (TPSA) is 37.0 Å². The van der Waals surface area contributed by atoms with Crippen LogP contribution in [0.15, 0.2) is 30.3 Å². The summed E-state index contributed by atoms with van der Waals surface area (Å²) in [5.41, 5.74) is 3.19. The molecule has 0 radical (unpaired) electrons. The molecule has 5 aliphatic rings. The Morgan fingerprint density at radius 3 is 2.59 bits per heavy atom. The Labute approximate surface area is 182 Å². The summed E-state index contributed by atoms with van der Waals surface area (Å²) >= 11 is 1.84. The summed E-state index contributed by atoms with van der Waals surface area (Å²) < 4.78 is 6.95. The number of hydrogen-bond acceptors (Lipinski definition) is 6. The van der Waals surface area contributed by atoms with Gasteiger partial charge in [-0.2, -0.15) is 5.01 Å². The van der Waals surface area contributed by atoms with Crippen molar-refractivity contribution in [2.75, 3.05) is 24.9 Å². The van der Waals surface area contributed by atoms with E-state index in [1.807, 2.05) is 11.3 Å². The summed E-state index contributed by atoms with van der Waals surface area (Å²) in [6.45, 7) is 2.84. The molecule has 5 nitrogen and oxygen atoms in total. The van der Waals surface area contributed by atoms with Gasteiger partial charge in [-0.1, -0.05) is 23.8 Å². The zero-order valence-corrected chi connectivity index (χ0v) is 18.4. The van der Waals surface area contributed by atoms with E-state index in [1.54, 1.807) is 0 Å². The molecular formula is C22H30ClN3O2S. The molecule has 5 fully saturated rings. The highest BCUT2D eigenvalue weighted by molar-refractivity contribution is 7.22. The summed E-state index contributed by atoms with van der Waals surface area (Å²) in [7, 11) is 0. The molecule has 3 saturated carbocycles. The molecule has 7 heteroatoms. The largest absolute Gasteiger partial charge is 0.381 e. The van der Waals surface area contributed by atoms with Gasteiger partial charge in [0.2, 0.25) is 0 Å². The smallest absolute Gasteiger partial charge is 0.165 e. The highest BCUT2D eigenvalue weighted by Crippen LogP contribution is 2.53. The fourth-order valence-corrected chi connectivity index (χ4v) is 6.90. The normalized spacial score (nSPS) is 32.9. The van der Waals surface area contributed by atoms with Crippen molar-refractivity contribution >= 4 is 38.8 Å². The van der Waals surface area contributed by atoms with Gasteiger partial charge in [0.05, 0.1) is 0 Å². The number of ether oxygens (including phenoxy) is 1. The molecule has 1 atom stereocenters. The second-order valence-corrected chi connectivity index (χ2v) is 10.1. The van der Waals surface area contributed by atoms with Crippen LogP contribution in [0.2, 0.25) is 0 Å². The maximum absolute atomic E-state index is 6.51. The van der Waals surface area contributed by atoms with E-state index in [9.17, 15) is 0 Å². The van der Waals surface area contributed by atoms with Crippen LogP contribution in [0, 0.1) is 17.8 Å². The van der Waals surface area contributed by atoms with Crippen LogP contribution in [0.1, 0.15) is 44.9 Å². The van der Waals surface area contributed by atoms with Crippen molar-refractivity contribution < 1.29 is 9.57 Å². The van der Waals surface area contributed by atoms with Crippen molar-refractivity contribution in [1.29, 1.82) is 0 Å². The molecule has 2 saturated heterocycles. The molecule has 2 bridgehead atoms. The fraction of sp³-hybridized carbons (Fsp3) is 0.636. The number of nitrogens with zero attached hydrogens (tertiary/aromatic N) is 2. The third-order valence-electron chi connectivity index (χ3n) is 7.45. The lowest BCUT2D eigenvalue weighted by Gasteiger charge is -2.52. The maximum atomic E-state index is 6.51. The van der Waals surface area contributed by atoms with Gasteiger partial charge in [-0.05, 0) is 74.3 Å². The quantitative estimate of drug-likeness (QED) is 0.723. The van der Waals surface area contributed by atoms with Gasteiger partial charge in [0.25, 0.3) is 0 Å². The molecule has 3 aliphatic carbocycles. The van der Waals surface area contributed by atoms with Crippen LogP contribution < -0.4 is 10.7 Å². The molecule has 2 aliphatic heterocycles. The van der Waals surface area contributed by atoms with Crippen LogP contribution >= 0.6 is 23.7 Å². The van der Waals surface area contributed by atoms with Gasteiger partial charge in [0.1, 0.15) is 5.00 Å². The van der Waals surface area contributed by atoms with E-state index < -0.39 is 0 Å². The number of benzene rings is 1. The lowest BCUT2D eigenvalue weighted by atomic mass is 9.65. The minimum Gasteiger partial charge on any atom is -0.381 e. The number of nitrogens with one attached hydrogen (secondary N) is 1. The Hall–Kier alpha value is -0.890. The van der Waals surface area contributed by atoms with Crippen molar-refractivity contribution in [3.05, 3.63) is 30.3 Å². The van der Waals surface area contributed by atoms with Crippen LogP contribution in [0.5, 0.6) is 0 Å². The number of halogens is 1. The molecular weight excluding hydrogens is 406 g/mol. The molecule has 0 unspecified atom stereocenters. The zero-order chi connectivity index (χ0) is 18.6. The van der Waals surface area contributed by atoms with Crippen LogP contribution in [0.4, 0.5) is 5.00 Å². The molecule has 1 aromatic heterocycles. The van der Waals surface area contributed by atoms with E-state index in [-0.39, 0.29) is 18.1 Å². The van der Waals surface area contributed by atoms with E-state index in [2.05, 4.69) is 46.0 Å². The van der Waals surface area contributed by atoms with E-state index in [1.165, 1.54) is 40.8 Å². The first-order valence-electron chi connectivity index (χ1n) is 10.9. The minimum absolute atomic E-state index is 0. The van der Waals surface area contributed by atoms with Gasteiger partial charge in [-0.3, -0.25) is 4.84 Å². The third kappa shape index (κ3) is 3.38. The molecule has 29 heavy (non-hydrogen) atoms. The minimum atomic E-state index is -0.171. The summed E-state index contributed by atoms with van der Waals surface area (Å²) in [5, 5.41) is 7.35. The van der Waals surface area contributed by atoms with Crippen LogP contribution in [-0.4, -0.2) is 30.5 Å². The summed E-state index contributed by atoms with van der Waals surface area (Å²) in [5.74, 6) is 2.11. The SMILES string of the molecule is Cl.c1ccc2sc(N3NO[C@@]4(CC5CCC4CC5)N3CC3CCOCC3)cc2c1. The highest BCUT2D eigenvalue weighted by atomic mass is 35.5. The van der Waals surface area contributed by atoms with Crippen LogP contribution in [-0.2, 0) is 9.57 Å². The predicted octanol–water partition coefficient (Wildman–Crippen LogP) is 5.13. The number of hydrazine groups is 2. The molecule has 2 aromatic rings. The second-order valence-electron chi connectivity index (χ2n) is 9.03. The van der Waals surface area contributed by atoms with Gasteiger partial charge in [0.15, 0.2) is 5.72 Å². The number of thiophene rings is 1. The molecule has 1 N–H and O–H groups in total. The van der Waals surface area contributed by atoms with Gasteiger partial charge in [-0.25, -0.2) is 5.12 Å². The maximum Gasteiger partial charge on any atom is 0.165 e. The zero-order valence-electron chi connectivity index (χ0n) is 16.7. The Kier molecular flexibility index (Phi) is 5.52. The molecule has 7 rings (SSSR count). The Morgan fingerprint density at radius 1 is 1.07 bits per heavy atom. The molecule has 1 spiro atoms. The number of rotatable bonds is 3. The van der Waals surface area contributed by atoms with Gasteiger partial charge in [0, 0.05) is 30.4 Å². The molecule has 0 amide bonds. The van der Waals surface area contributed by atoms with Gasteiger partial charge >= 0.3 is 0 Å². The van der Waals surface area contributed by atoms with Crippen LogP contribution in [0.25, 0.3) is 10.1 Å².